The highest BCUT2D eigenvalue weighted by molar-refractivity contribution is 7.99. The topological polar surface area (TPSA) is 41.6 Å². The van der Waals surface area contributed by atoms with Gasteiger partial charge in [0, 0.05) is 35.2 Å². The van der Waals surface area contributed by atoms with Gasteiger partial charge in [0.05, 0.1) is 18.5 Å². The minimum atomic E-state index is -0.173. The number of ether oxygens (including phenoxy) is 1. The van der Waals surface area contributed by atoms with Gasteiger partial charge >= 0.3 is 0 Å². The summed E-state index contributed by atoms with van der Waals surface area (Å²) in [6.07, 6.45) is 0. The summed E-state index contributed by atoms with van der Waals surface area (Å²) < 4.78 is 5.31. The molecule has 1 aliphatic heterocycles. The molecule has 132 valence electrons. The molecular formula is C19H21ClN2O2S. The number of anilines is 2. The molecule has 3 rings (SSSR count). The van der Waals surface area contributed by atoms with E-state index in [2.05, 4.69) is 10.2 Å². The molecule has 1 heterocycles. The third-order valence-corrected chi connectivity index (χ3v) is 5.41. The number of rotatable bonds is 4. The van der Waals surface area contributed by atoms with Crippen LogP contribution in [0.1, 0.15) is 15.9 Å². The maximum atomic E-state index is 12.7. The molecule has 2 aromatic rings. The van der Waals surface area contributed by atoms with E-state index >= 15 is 0 Å². The van der Waals surface area contributed by atoms with Gasteiger partial charge in [0.15, 0.2) is 0 Å². The Morgan fingerprint density at radius 2 is 1.96 bits per heavy atom. The fourth-order valence-corrected chi connectivity index (χ4v) is 3.92. The van der Waals surface area contributed by atoms with Crippen LogP contribution in [0.3, 0.4) is 0 Å². The summed E-state index contributed by atoms with van der Waals surface area (Å²) in [5, 5.41) is 3.61. The summed E-state index contributed by atoms with van der Waals surface area (Å²) in [6.45, 7) is 3.88. The molecule has 1 saturated heterocycles. The van der Waals surface area contributed by atoms with Gasteiger partial charge < -0.3 is 15.0 Å². The third kappa shape index (κ3) is 4.22. The lowest BCUT2D eigenvalue weighted by atomic mass is 10.1. The van der Waals surface area contributed by atoms with E-state index in [1.54, 1.807) is 19.2 Å². The number of carbonyl (C=O) groups is 1. The molecule has 0 bridgehead atoms. The van der Waals surface area contributed by atoms with E-state index in [0.717, 1.165) is 41.5 Å². The Morgan fingerprint density at radius 3 is 2.68 bits per heavy atom. The summed E-state index contributed by atoms with van der Waals surface area (Å²) in [5.74, 6) is 2.70. The van der Waals surface area contributed by atoms with Crippen LogP contribution < -0.4 is 15.0 Å². The van der Waals surface area contributed by atoms with Crippen LogP contribution in [0.15, 0.2) is 36.4 Å². The van der Waals surface area contributed by atoms with E-state index in [9.17, 15) is 4.79 Å². The molecule has 0 spiro atoms. The van der Waals surface area contributed by atoms with Gasteiger partial charge in [0.2, 0.25) is 0 Å². The van der Waals surface area contributed by atoms with Crippen molar-refractivity contribution in [2.75, 3.05) is 41.9 Å². The van der Waals surface area contributed by atoms with E-state index in [1.807, 2.05) is 43.0 Å². The lowest BCUT2D eigenvalue weighted by Gasteiger charge is -2.30. The quantitative estimate of drug-likeness (QED) is 0.855. The first kappa shape index (κ1) is 18.0. The summed E-state index contributed by atoms with van der Waals surface area (Å²) in [7, 11) is 1.60. The standard InChI is InChI=1S/C19H21ClN2O2S/c1-13-3-4-14(11-18(13)24-2)19(23)21-16-12-15(20)5-6-17(16)22-7-9-25-10-8-22/h3-6,11-12H,7-10H2,1-2H3,(H,21,23). The number of nitrogens with zero attached hydrogens (tertiary/aromatic N) is 1. The van der Waals surface area contributed by atoms with Crippen molar-refractivity contribution >= 4 is 40.6 Å². The molecule has 4 nitrogen and oxygen atoms in total. The maximum absolute atomic E-state index is 12.7. The number of halogens is 1. The Morgan fingerprint density at radius 1 is 1.20 bits per heavy atom. The molecule has 0 unspecified atom stereocenters. The molecule has 1 aliphatic rings. The van der Waals surface area contributed by atoms with Crippen LogP contribution in [-0.2, 0) is 0 Å². The van der Waals surface area contributed by atoms with Crippen LogP contribution in [0, 0.1) is 6.92 Å². The van der Waals surface area contributed by atoms with E-state index < -0.39 is 0 Å². The zero-order valence-electron chi connectivity index (χ0n) is 14.3. The highest BCUT2D eigenvalue weighted by Gasteiger charge is 2.17. The van der Waals surface area contributed by atoms with Crippen LogP contribution in [0.4, 0.5) is 11.4 Å². The fourth-order valence-electron chi connectivity index (χ4n) is 2.84. The van der Waals surface area contributed by atoms with Crippen molar-refractivity contribution in [1.82, 2.24) is 0 Å². The van der Waals surface area contributed by atoms with Crippen LogP contribution >= 0.6 is 23.4 Å². The average Bonchev–Trinajstić information content (AvgIpc) is 2.63. The number of aryl methyl sites for hydroxylation is 1. The number of amides is 1. The summed E-state index contributed by atoms with van der Waals surface area (Å²) in [4.78, 5) is 15.0. The van der Waals surface area contributed by atoms with Crippen LogP contribution in [0.25, 0.3) is 0 Å². The van der Waals surface area contributed by atoms with Gasteiger partial charge in [-0.2, -0.15) is 11.8 Å². The summed E-state index contributed by atoms with van der Waals surface area (Å²) in [5.41, 5.74) is 3.30. The number of carbonyl (C=O) groups excluding carboxylic acids is 1. The number of hydrogen-bond donors (Lipinski definition) is 1. The molecule has 25 heavy (non-hydrogen) atoms. The minimum absolute atomic E-state index is 0.173. The molecular weight excluding hydrogens is 356 g/mol. The second-order valence-corrected chi connectivity index (χ2v) is 7.56. The molecule has 1 amide bonds. The van der Waals surface area contributed by atoms with Crippen LogP contribution in [-0.4, -0.2) is 37.6 Å². The molecule has 1 N–H and O–H groups in total. The van der Waals surface area contributed by atoms with Gasteiger partial charge in [-0.3, -0.25) is 4.79 Å². The fraction of sp³-hybridized carbons (Fsp3) is 0.316. The number of methoxy groups -OCH3 is 1. The largest absolute Gasteiger partial charge is 0.496 e. The van der Waals surface area contributed by atoms with Gasteiger partial charge in [0.1, 0.15) is 5.75 Å². The molecule has 2 aromatic carbocycles. The molecule has 1 fully saturated rings. The Labute approximate surface area is 157 Å². The Hall–Kier alpha value is -1.85. The van der Waals surface area contributed by atoms with Gasteiger partial charge in [0.25, 0.3) is 5.91 Å². The predicted octanol–water partition coefficient (Wildman–Crippen LogP) is 4.46. The number of thioether (sulfide) groups is 1. The Kier molecular flexibility index (Phi) is 5.76. The van der Waals surface area contributed by atoms with Gasteiger partial charge in [-0.25, -0.2) is 0 Å². The first-order valence-electron chi connectivity index (χ1n) is 8.16. The zero-order valence-corrected chi connectivity index (χ0v) is 15.9. The molecule has 6 heteroatoms. The van der Waals surface area contributed by atoms with Crippen LogP contribution in [0.2, 0.25) is 5.02 Å². The smallest absolute Gasteiger partial charge is 0.255 e. The second kappa shape index (κ2) is 8.02. The number of benzene rings is 2. The number of nitrogens with one attached hydrogen (secondary N) is 1. The highest BCUT2D eigenvalue weighted by atomic mass is 35.5. The molecule has 0 radical (unpaired) electrons. The van der Waals surface area contributed by atoms with Crippen molar-refractivity contribution < 1.29 is 9.53 Å². The molecule has 0 aliphatic carbocycles. The molecule has 0 atom stereocenters. The van der Waals surface area contributed by atoms with Crippen molar-refractivity contribution in [1.29, 1.82) is 0 Å². The second-order valence-electron chi connectivity index (χ2n) is 5.90. The number of hydrogen-bond acceptors (Lipinski definition) is 4. The van der Waals surface area contributed by atoms with Gasteiger partial charge in [-0.05, 0) is 42.8 Å². The van der Waals surface area contributed by atoms with Gasteiger partial charge in [-0.1, -0.05) is 17.7 Å². The average molecular weight is 377 g/mol. The van der Waals surface area contributed by atoms with Crippen molar-refractivity contribution in [2.45, 2.75) is 6.92 Å². The highest BCUT2D eigenvalue weighted by Crippen LogP contribution is 2.31. The van der Waals surface area contributed by atoms with Crippen molar-refractivity contribution in [3.05, 3.63) is 52.5 Å². The van der Waals surface area contributed by atoms with E-state index in [0.29, 0.717) is 16.3 Å². The van der Waals surface area contributed by atoms with E-state index in [4.69, 9.17) is 16.3 Å². The monoisotopic (exact) mass is 376 g/mol. The zero-order chi connectivity index (χ0) is 17.8. The minimum Gasteiger partial charge on any atom is -0.496 e. The van der Waals surface area contributed by atoms with E-state index in [1.165, 1.54) is 0 Å². The van der Waals surface area contributed by atoms with Crippen molar-refractivity contribution in [2.24, 2.45) is 0 Å². The summed E-state index contributed by atoms with van der Waals surface area (Å²) in [6, 6.07) is 11.1. The van der Waals surface area contributed by atoms with E-state index in [-0.39, 0.29) is 5.91 Å². The SMILES string of the molecule is COc1cc(C(=O)Nc2cc(Cl)ccc2N2CCSCC2)ccc1C. The van der Waals surface area contributed by atoms with Crippen molar-refractivity contribution in [3.63, 3.8) is 0 Å². The lowest BCUT2D eigenvalue weighted by Crippen LogP contribution is -2.33. The molecule has 0 aromatic heterocycles. The predicted molar refractivity (Wildman–Crippen MR) is 107 cm³/mol. The first-order valence-corrected chi connectivity index (χ1v) is 9.70. The van der Waals surface area contributed by atoms with Gasteiger partial charge in [-0.15, -0.1) is 0 Å². The van der Waals surface area contributed by atoms with Crippen molar-refractivity contribution in [3.8, 4) is 5.75 Å². The lowest BCUT2D eigenvalue weighted by molar-refractivity contribution is 0.102. The first-order chi connectivity index (χ1) is 12.1. The molecule has 0 saturated carbocycles. The maximum Gasteiger partial charge on any atom is 0.255 e. The van der Waals surface area contributed by atoms with Crippen LogP contribution in [0.5, 0.6) is 5.75 Å². The Bertz CT molecular complexity index is 776. The normalized spacial score (nSPS) is 14.3. The Balaban J connectivity index is 1.86. The summed E-state index contributed by atoms with van der Waals surface area (Å²) >= 11 is 8.11. The third-order valence-electron chi connectivity index (χ3n) is 4.23.